The first-order valence-corrected chi connectivity index (χ1v) is 4.31. The number of hydrogen-bond acceptors (Lipinski definition) is 2. The molecule has 1 aromatic carbocycles. The zero-order valence-corrected chi connectivity index (χ0v) is 10.8. The van der Waals surface area contributed by atoms with E-state index in [-0.39, 0.29) is 35.1 Å². The van der Waals surface area contributed by atoms with Gasteiger partial charge in [0.2, 0.25) is 0 Å². The molecule has 0 fully saturated rings. The van der Waals surface area contributed by atoms with Crippen molar-refractivity contribution in [3.05, 3.63) is 54.1 Å². The van der Waals surface area contributed by atoms with Crippen molar-refractivity contribution in [2.75, 3.05) is 0 Å². The van der Waals surface area contributed by atoms with Crippen LogP contribution in [0.1, 0.15) is 12.0 Å². The van der Waals surface area contributed by atoms with E-state index in [1.807, 2.05) is 36.4 Å². The van der Waals surface area contributed by atoms with Crippen LogP contribution in [0.3, 0.4) is 0 Å². The summed E-state index contributed by atoms with van der Waals surface area (Å²) in [5, 5.41) is 10.3. The quantitative estimate of drug-likeness (QED) is 0.443. The second-order valence-electron chi connectivity index (χ2n) is 2.91. The zero-order valence-electron chi connectivity index (χ0n) is 8.77. The first-order chi connectivity index (χ1) is 6.70. The van der Waals surface area contributed by atoms with Crippen molar-refractivity contribution in [1.29, 1.82) is 0 Å². The van der Waals surface area contributed by atoms with Gasteiger partial charge in [-0.05, 0) is 17.6 Å². The number of allylic oxidation sites excluding steroid dienone is 1. The van der Waals surface area contributed by atoms with E-state index in [1.165, 1.54) is 0 Å². The topological polar surface area (TPSA) is 40.1 Å². The van der Waals surface area contributed by atoms with E-state index in [4.69, 9.17) is 0 Å². The summed E-state index contributed by atoms with van der Waals surface area (Å²) < 4.78 is 0. The summed E-state index contributed by atoms with van der Waals surface area (Å²) >= 11 is 0. The summed E-state index contributed by atoms with van der Waals surface area (Å²) in [6.07, 6.45) is 3.93. The number of benzene rings is 1. The molecule has 0 N–H and O–H groups in total. The minimum absolute atomic E-state index is 0. The van der Waals surface area contributed by atoms with Crippen molar-refractivity contribution in [3.63, 3.8) is 0 Å². The minimum atomic E-state index is -1.19. The Morgan fingerprint density at radius 3 is 2.47 bits per heavy atom. The molecule has 0 saturated carbocycles. The molecular formula is C12H11NaO2. The molecule has 0 unspecified atom stereocenters. The minimum Gasteiger partial charge on any atom is -0.545 e. The number of hydrogen-bond donors (Lipinski definition) is 0. The van der Waals surface area contributed by atoms with Crippen LogP contribution in [0.25, 0.3) is 6.08 Å². The third-order valence-corrected chi connectivity index (χ3v) is 1.76. The number of aliphatic carboxylic acids is 1. The molecule has 0 heterocycles. The van der Waals surface area contributed by atoms with Crippen molar-refractivity contribution in [2.24, 2.45) is 0 Å². The van der Waals surface area contributed by atoms with Crippen LogP contribution in [0, 0.1) is 0 Å². The molecule has 15 heavy (non-hydrogen) atoms. The Hall–Kier alpha value is -0.830. The summed E-state index contributed by atoms with van der Waals surface area (Å²) in [7, 11) is 0. The molecule has 0 aliphatic heterocycles. The van der Waals surface area contributed by atoms with Crippen LogP contribution >= 0.6 is 0 Å². The maximum absolute atomic E-state index is 10.3. The van der Waals surface area contributed by atoms with E-state index in [0.29, 0.717) is 6.42 Å². The number of carboxylic acids is 1. The van der Waals surface area contributed by atoms with Gasteiger partial charge in [0.25, 0.3) is 0 Å². The van der Waals surface area contributed by atoms with Crippen LogP contribution in [0.15, 0.2) is 48.6 Å². The van der Waals surface area contributed by atoms with Gasteiger partial charge >= 0.3 is 29.6 Å². The third-order valence-electron chi connectivity index (χ3n) is 1.76. The Bertz CT molecular complexity index is 355. The van der Waals surface area contributed by atoms with Crippen LogP contribution < -0.4 is 34.7 Å². The molecule has 0 saturated heterocycles. The molecule has 0 spiro atoms. The predicted molar refractivity (Wildman–Crippen MR) is 54.2 cm³/mol. The van der Waals surface area contributed by atoms with Gasteiger partial charge in [-0.3, -0.25) is 0 Å². The molecule has 3 heteroatoms. The van der Waals surface area contributed by atoms with Crippen LogP contribution in [0.5, 0.6) is 0 Å². The van der Waals surface area contributed by atoms with Crippen molar-refractivity contribution < 1.29 is 39.5 Å². The van der Waals surface area contributed by atoms with Crippen LogP contribution in [0.4, 0.5) is 0 Å². The molecule has 0 atom stereocenters. The number of carbonyl (C=O) groups excluding carboxylic acids is 1. The average molecular weight is 210 g/mol. The summed E-state index contributed by atoms with van der Waals surface area (Å²) in [5.74, 6) is -1.19. The molecule has 0 radical (unpaired) electrons. The van der Waals surface area contributed by atoms with Crippen LogP contribution in [0.2, 0.25) is 0 Å². The fourth-order valence-electron chi connectivity index (χ4n) is 0.985. The van der Waals surface area contributed by atoms with Crippen molar-refractivity contribution in [3.8, 4) is 0 Å². The number of rotatable bonds is 4. The van der Waals surface area contributed by atoms with Gasteiger partial charge in [0, 0.05) is 0 Å². The Morgan fingerprint density at radius 1 is 1.33 bits per heavy atom. The molecule has 1 aromatic rings. The van der Waals surface area contributed by atoms with Gasteiger partial charge in [0.05, 0.1) is 5.97 Å². The van der Waals surface area contributed by atoms with Crippen LogP contribution in [-0.2, 0) is 4.79 Å². The van der Waals surface area contributed by atoms with E-state index in [1.54, 1.807) is 6.08 Å². The van der Waals surface area contributed by atoms with Gasteiger partial charge in [0.1, 0.15) is 0 Å². The van der Waals surface area contributed by atoms with Crippen molar-refractivity contribution in [2.45, 2.75) is 6.42 Å². The van der Waals surface area contributed by atoms with E-state index in [2.05, 4.69) is 6.58 Å². The number of carbonyl (C=O) groups is 1. The molecule has 1 rings (SSSR count). The molecule has 0 amide bonds. The molecule has 0 bridgehead atoms. The van der Waals surface area contributed by atoms with Gasteiger partial charge in [0.15, 0.2) is 0 Å². The van der Waals surface area contributed by atoms with Crippen LogP contribution in [-0.4, -0.2) is 5.97 Å². The molecule has 72 valence electrons. The smallest absolute Gasteiger partial charge is 0.545 e. The second kappa shape index (κ2) is 7.46. The fourth-order valence-corrected chi connectivity index (χ4v) is 0.985. The van der Waals surface area contributed by atoms with E-state index in [0.717, 1.165) is 5.56 Å². The summed E-state index contributed by atoms with van der Waals surface area (Å²) in [6.45, 7) is 3.37. The molecular weight excluding hydrogens is 199 g/mol. The average Bonchev–Trinajstić information content (AvgIpc) is 2.19. The Balaban J connectivity index is 0.00000196. The van der Waals surface area contributed by atoms with Gasteiger partial charge < -0.3 is 9.90 Å². The van der Waals surface area contributed by atoms with Gasteiger partial charge in [-0.2, -0.15) is 0 Å². The summed E-state index contributed by atoms with van der Waals surface area (Å²) in [4.78, 5) is 10.3. The predicted octanol–water partition coefficient (Wildman–Crippen LogP) is -1.60. The fraction of sp³-hybridized carbons (Fsp3) is 0.0833. The first-order valence-electron chi connectivity index (χ1n) is 4.31. The number of carboxylic acid groups (broad SMARTS) is 1. The summed E-state index contributed by atoms with van der Waals surface area (Å²) in [6, 6.07) is 9.66. The third kappa shape index (κ3) is 5.57. The maximum Gasteiger partial charge on any atom is 1.00 e. The normalized spacial score (nSPS) is 9.60. The Labute approximate surface area is 112 Å². The molecule has 0 aromatic heterocycles. The standard InChI is InChI=1S/C12H12O2.Na/c1-10(12(13)14)6-5-9-11-7-3-2-4-8-11;/h2-5,7-9H,1,6H2,(H,13,14);/q;+1/p-1. The largest absolute Gasteiger partial charge is 1.00 e. The van der Waals surface area contributed by atoms with Crippen molar-refractivity contribution >= 4 is 12.0 Å². The monoisotopic (exact) mass is 210 g/mol. The summed E-state index contributed by atoms with van der Waals surface area (Å²) in [5.41, 5.74) is 1.14. The Kier molecular flexibility index (Phi) is 7.05. The zero-order chi connectivity index (χ0) is 10.4. The van der Waals surface area contributed by atoms with E-state index in [9.17, 15) is 9.90 Å². The SMILES string of the molecule is C=C(CC=Cc1ccccc1)C(=O)[O-].[Na+]. The van der Waals surface area contributed by atoms with Gasteiger partial charge in [-0.15, -0.1) is 0 Å². The van der Waals surface area contributed by atoms with E-state index < -0.39 is 5.97 Å². The van der Waals surface area contributed by atoms with Gasteiger partial charge in [-0.25, -0.2) is 0 Å². The molecule has 2 nitrogen and oxygen atoms in total. The maximum atomic E-state index is 10.3. The molecule has 0 aliphatic rings. The van der Waals surface area contributed by atoms with E-state index >= 15 is 0 Å². The first kappa shape index (κ1) is 14.2. The van der Waals surface area contributed by atoms with Crippen molar-refractivity contribution in [1.82, 2.24) is 0 Å². The molecule has 0 aliphatic carbocycles. The second-order valence-corrected chi connectivity index (χ2v) is 2.91. The van der Waals surface area contributed by atoms with Gasteiger partial charge in [-0.1, -0.05) is 49.1 Å². The Morgan fingerprint density at radius 2 is 1.93 bits per heavy atom.